The molecule has 0 bridgehead atoms. The molecule has 3 nitrogen and oxygen atoms in total. The minimum Gasteiger partial charge on any atom is -0.486 e. The Bertz CT molecular complexity index is 337. The van der Waals surface area contributed by atoms with E-state index in [1.807, 2.05) is 0 Å². The van der Waals surface area contributed by atoms with E-state index in [0.717, 1.165) is 12.8 Å². The number of unbranched alkanes of at least 4 members (excludes halogenated alkanes) is 1. The summed E-state index contributed by atoms with van der Waals surface area (Å²) in [7, 11) is 0. The fraction of sp³-hybridized carbons (Fsp3) is 0.500. The Morgan fingerprint density at radius 1 is 1.29 bits per heavy atom. The largest absolute Gasteiger partial charge is 0.486 e. The van der Waals surface area contributed by atoms with E-state index in [1.165, 1.54) is 12.1 Å². The summed E-state index contributed by atoms with van der Waals surface area (Å²) in [5, 5.41) is 0.256. The van der Waals surface area contributed by atoms with Crippen molar-refractivity contribution < 1.29 is 13.9 Å². The zero-order chi connectivity index (χ0) is 12.7. The Kier molecular flexibility index (Phi) is 6.08. The molecule has 0 spiro atoms. The lowest BCUT2D eigenvalue weighted by Crippen LogP contribution is -2.09. The third kappa shape index (κ3) is 4.79. The van der Waals surface area contributed by atoms with Gasteiger partial charge in [-0.15, -0.1) is 0 Å². The van der Waals surface area contributed by atoms with Crippen molar-refractivity contribution in [3.8, 4) is 5.75 Å². The van der Waals surface area contributed by atoms with Gasteiger partial charge < -0.3 is 15.2 Å². The highest BCUT2D eigenvalue weighted by atomic mass is 35.5. The van der Waals surface area contributed by atoms with Gasteiger partial charge in [0.1, 0.15) is 6.61 Å². The molecule has 1 aromatic carbocycles. The van der Waals surface area contributed by atoms with Crippen molar-refractivity contribution >= 4 is 17.3 Å². The molecule has 0 amide bonds. The predicted octanol–water partition coefficient (Wildman–Crippen LogP) is 3.26. The normalized spacial score (nSPS) is 10.5. The second-order valence-electron chi connectivity index (χ2n) is 3.62. The quantitative estimate of drug-likeness (QED) is 0.605. The highest BCUT2D eigenvalue weighted by molar-refractivity contribution is 6.30. The lowest BCUT2D eigenvalue weighted by atomic mass is 10.3. The molecule has 0 heterocycles. The number of rotatable bonds is 7. The van der Waals surface area contributed by atoms with Crippen LogP contribution in [0, 0.1) is 5.82 Å². The number of halogens is 2. The molecular formula is C12H17ClFNO2. The molecule has 1 aromatic rings. The van der Waals surface area contributed by atoms with Crippen LogP contribution in [0.4, 0.5) is 10.1 Å². The van der Waals surface area contributed by atoms with Crippen LogP contribution in [-0.4, -0.2) is 19.8 Å². The lowest BCUT2D eigenvalue weighted by molar-refractivity contribution is 0.0969. The van der Waals surface area contributed by atoms with E-state index in [-0.39, 0.29) is 23.1 Å². The highest BCUT2D eigenvalue weighted by Crippen LogP contribution is 2.28. The van der Waals surface area contributed by atoms with E-state index < -0.39 is 5.82 Å². The van der Waals surface area contributed by atoms with Gasteiger partial charge >= 0.3 is 0 Å². The van der Waals surface area contributed by atoms with Crippen molar-refractivity contribution in [2.45, 2.75) is 19.8 Å². The highest BCUT2D eigenvalue weighted by Gasteiger charge is 2.09. The molecule has 2 N–H and O–H groups in total. The molecule has 0 aliphatic carbocycles. The summed E-state index contributed by atoms with van der Waals surface area (Å²) in [6.45, 7) is 3.47. The third-order valence-electron chi connectivity index (χ3n) is 2.15. The van der Waals surface area contributed by atoms with Crippen LogP contribution >= 0.6 is 11.6 Å². The fourth-order valence-electron chi connectivity index (χ4n) is 1.28. The Hall–Kier alpha value is -1.00. The molecule has 0 radical (unpaired) electrons. The number of benzene rings is 1. The molecule has 5 heteroatoms. The summed E-state index contributed by atoms with van der Waals surface area (Å²) in [5.74, 6) is -0.517. The Morgan fingerprint density at radius 2 is 2.06 bits per heavy atom. The van der Waals surface area contributed by atoms with E-state index >= 15 is 0 Å². The Labute approximate surface area is 106 Å². The van der Waals surface area contributed by atoms with Crippen molar-refractivity contribution in [3.05, 3.63) is 23.0 Å². The molecule has 0 atom stereocenters. The van der Waals surface area contributed by atoms with E-state index in [9.17, 15) is 4.39 Å². The van der Waals surface area contributed by atoms with Gasteiger partial charge in [0.15, 0.2) is 11.6 Å². The summed E-state index contributed by atoms with van der Waals surface area (Å²) < 4.78 is 23.9. The van der Waals surface area contributed by atoms with Gasteiger partial charge in [0, 0.05) is 11.6 Å². The summed E-state index contributed by atoms with van der Waals surface area (Å²) in [6, 6.07) is 2.63. The smallest absolute Gasteiger partial charge is 0.178 e. The average molecular weight is 262 g/mol. The summed E-state index contributed by atoms with van der Waals surface area (Å²) in [5.41, 5.74) is 5.79. The van der Waals surface area contributed by atoms with Crippen LogP contribution in [0.3, 0.4) is 0 Å². The second-order valence-corrected chi connectivity index (χ2v) is 4.06. The van der Waals surface area contributed by atoms with Crippen LogP contribution in [0.15, 0.2) is 12.1 Å². The first-order valence-corrected chi connectivity index (χ1v) is 5.98. The van der Waals surface area contributed by atoms with Gasteiger partial charge in [0.05, 0.1) is 12.3 Å². The van der Waals surface area contributed by atoms with Crippen LogP contribution in [0.25, 0.3) is 0 Å². The second kappa shape index (κ2) is 7.35. The van der Waals surface area contributed by atoms with E-state index in [2.05, 4.69) is 6.92 Å². The van der Waals surface area contributed by atoms with Crippen LogP contribution in [0.2, 0.25) is 5.02 Å². The Morgan fingerprint density at radius 3 is 2.71 bits per heavy atom. The van der Waals surface area contributed by atoms with Crippen molar-refractivity contribution in [3.63, 3.8) is 0 Å². The average Bonchev–Trinajstić information content (AvgIpc) is 2.26. The topological polar surface area (TPSA) is 44.5 Å². The number of nitrogen functional groups attached to an aromatic ring is 1. The molecule has 0 saturated heterocycles. The first-order valence-electron chi connectivity index (χ1n) is 5.60. The van der Waals surface area contributed by atoms with E-state index in [4.69, 9.17) is 26.8 Å². The van der Waals surface area contributed by atoms with Crippen molar-refractivity contribution in [1.29, 1.82) is 0 Å². The molecule has 96 valence electrons. The first-order chi connectivity index (χ1) is 8.15. The first kappa shape index (κ1) is 14.1. The zero-order valence-corrected chi connectivity index (χ0v) is 10.6. The number of anilines is 1. The molecule has 0 aromatic heterocycles. The summed E-state index contributed by atoms with van der Waals surface area (Å²) in [6.07, 6.45) is 2.09. The zero-order valence-electron chi connectivity index (χ0n) is 9.84. The van der Waals surface area contributed by atoms with E-state index in [0.29, 0.717) is 13.2 Å². The van der Waals surface area contributed by atoms with Gasteiger partial charge in [-0.25, -0.2) is 4.39 Å². The number of nitrogens with two attached hydrogens (primary N) is 1. The maximum absolute atomic E-state index is 13.4. The molecular weight excluding hydrogens is 245 g/mol. The van der Waals surface area contributed by atoms with Gasteiger partial charge in [-0.05, 0) is 18.6 Å². The minimum absolute atomic E-state index is 0.0356. The molecule has 0 aliphatic rings. The molecule has 0 aliphatic heterocycles. The monoisotopic (exact) mass is 261 g/mol. The fourth-order valence-corrected chi connectivity index (χ4v) is 1.50. The van der Waals surface area contributed by atoms with Crippen molar-refractivity contribution in [1.82, 2.24) is 0 Å². The summed E-state index contributed by atoms with van der Waals surface area (Å²) in [4.78, 5) is 0. The maximum Gasteiger partial charge on any atom is 0.178 e. The van der Waals surface area contributed by atoms with Crippen LogP contribution in [0.5, 0.6) is 5.75 Å². The molecule has 0 unspecified atom stereocenters. The van der Waals surface area contributed by atoms with Gasteiger partial charge in [-0.3, -0.25) is 0 Å². The van der Waals surface area contributed by atoms with E-state index in [1.54, 1.807) is 0 Å². The number of hydrogen-bond donors (Lipinski definition) is 1. The van der Waals surface area contributed by atoms with Gasteiger partial charge in [0.25, 0.3) is 0 Å². The SMILES string of the molecule is CCCCOCCOc1c(N)cc(Cl)cc1F. The minimum atomic E-state index is -0.552. The van der Waals surface area contributed by atoms with Crippen molar-refractivity contribution in [2.75, 3.05) is 25.6 Å². The number of ether oxygens (including phenoxy) is 2. The molecule has 17 heavy (non-hydrogen) atoms. The molecule has 1 rings (SSSR count). The van der Waals surface area contributed by atoms with Gasteiger partial charge in [-0.2, -0.15) is 0 Å². The lowest BCUT2D eigenvalue weighted by Gasteiger charge is -2.10. The maximum atomic E-state index is 13.4. The van der Waals surface area contributed by atoms with Gasteiger partial charge in [0.2, 0.25) is 0 Å². The van der Waals surface area contributed by atoms with Crippen LogP contribution in [-0.2, 0) is 4.74 Å². The molecule has 0 fully saturated rings. The standard InChI is InChI=1S/C12H17ClFNO2/c1-2-3-4-16-5-6-17-12-10(14)7-9(13)8-11(12)15/h7-8H,2-6,15H2,1H3. The number of hydrogen-bond acceptors (Lipinski definition) is 3. The van der Waals surface area contributed by atoms with Gasteiger partial charge in [-0.1, -0.05) is 24.9 Å². The predicted molar refractivity (Wildman–Crippen MR) is 67.0 cm³/mol. The van der Waals surface area contributed by atoms with Crippen LogP contribution in [0.1, 0.15) is 19.8 Å². The third-order valence-corrected chi connectivity index (χ3v) is 2.37. The Balaban J connectivity index is 2.36. The summed E-state index contributed by atoms with van der Waals surface area (Å²) >= 11 is 5.64. The van der Waals surface area contributed by atoms with Crippen molar-refractivity contribution in [2.24, 2.45) is 0 Å². The molecule has 0 saturated carbocycles. The van der Waals surface area contributed by atoms with Crippen LogP contribution < -0.4 is 10.5 Å².